The Morgan fingerprint density at radius 1 is 1.13 bits per heavy atom. The summed E-state index contributed by atoms with van der Waals surface area (Å²) in [6, 6.07) is 18.3. The van der Waals surface area contributed by atoms with Gasteiger partial charge >= 0.3 is 0 Å². The highest BCUT2D eigenvalue weighted by atomic mass is 32.2. The first-order valence-electron chi connectivity index (χ1n) is 10.4. The molecule has 0 atom stereocenters. The highest BCUT2D eigenvalue weighted by molar-refractivity contribution is 7.89. The molecule has 1 heterocycles. The lowest BCUT2D eigenvalue weighted by Gasteiger charge is -2.30. The van der Waals surface area contributed by atoms with E-state index in [1.807, 2.05) is 31.3 Å². The van der Waals surface area contributed by atoms with E-state index < -0.39 is 10.0 Å². The van der Waals surface area contributed by atoms with Crippen LogP contribution in [0.15, 0.2) is 59.5 Å². The molecular formula is C23H28N4O3S. The van der Waals surface area contributed by atoms with Crippen LogP contribution in [0.5, 0.6) is 0 Å². The molecule has 31 heavy (non-hydrogen) atoms. The van der Waals surface area contributed by atoms with Gasteiger partial charge in [-0.15, -0.1) is 0 Å². The SMILES string of the molecule is CN(CCNC(=O)C1CCN(S(=O)(=O)c2ccccc2C#N)CC1)Cc1ccccc1. The zero-order valence-electron chi connectivity index (χ0n) is 17.7. The summed E-state index contributed by atoms with van der Waals surface area (Å²) in [5.74, 6) is -0.223. The van der Waals surface area contributed by atoms with E-state index in [0.717, 1.165) is 13.1 Å². The van der Waals surface area contributed by atoms with E-state index in [2.05, 4.69) is 22.3 Å². The molecule has 3 rings (SSSR count). The Morgan fingerprint density at radius 3 is 2.45 bits per heavy atom. The quantitative estimate of drug-likeness (QED) is 0.679. The van der Waals surface area contributed by atoms with Gasteiger partial charge in [0.15, 0.2) is 0 Å². The van der Waals surface area contributed by atoms with E-state index >= 15 is 0 Å². The minimum absolute atomic E-state index is 0.0254. The van der Waals surface area contributed by atoms with Crippen LogP contribution in [0, 0.1) is 17.2 Å². The molecule has 7 nitrogen and oxygen atoms in total. The molecule has 164 valence electrons. The number of likely N-dealkylation sites (N-methyl/N-ethyl adjacent to an activating group) is 1. The second kappa shape index (κ2) is 10.5. The number of piperidine rings is 1. The van der Waals surface area contributed by atoms with Crippen LogP contribution in [-0.2, 0) is 21.4 Å². The van der Waals surface area contributed by atoms with E-state index in [4.69, 9.17) is 0 Å². The topological polar surface area (TPSA) is 93.5 Å². The Bertz CT molecular complexity index is 1030. The summed E-state index contributed by atoms with van der Waals surface area (Å²) < 4.78 is 27.2. The van der Waals surface area contributed by atoms with E-state index in [0.29, 0.717) is 19.4 Å². The van der Waals surface area contributed by atoms with Crippen molar-refractivity contribution in [2.24, 2.45) is 5.92 Å². The highest BCUT2D eigenvalue weighted by Crippen LogP contribution is 2.25. The van der Waals surface area contributed by atoms with Crippen LogP contribution in [0.2, 0.25) is 0 Å². The van der Waals surface area contributed by atoms with Crippen LogP contribution < -0.4 is 5.32 Å². The van der Waals surface area contributed by atoms with Gasteiger partial charge in [0, 0.05) is 38.6 Å². The number of rotatable bonds is 8. The third-order valence-electron chi connectivity index (χ3n) is 5.54. The average molecular weight is 441 g/mol. The first-order chi connectivity index (χ1) is 14.9. The van der Waals surface area contributed by atoms with Gasteiger partial charge in [0.1, 0.15) is 6.07 Å². The number of nitrogens with zero attached hydrogens (tertiary/aromatic N) is 3. The monoisotopic (exact) mass is 440 g/mol. The van der Waals surface area contributed by atoms with E-state index in [1.54, 1.807) is 12.1 Å². The zero-order valence-corrected chi connectivity index (χ0v) is 18.5. The molecule has 0 unspecified atom stereocenters. The smallest absolute Gasteiger partial charge is 0.244 e. The first-order valence-corrected chi connectivity index (χ1v) is 11.9. The van der Waals surface area contributed by atoms with Crippen molar-refractivity contribution in [2.75, 3.05) is 33.2 Å². The van der Waals surface area contributed by atoms with Gasteiger partial charge in [-0.2, -0.15) is 9.57 Å². The van der Waals surface area contributed by atoms with Crippen molar-refractivity contribution >= 4 is 15.9 Å². The van der Waals surface area contributed by atoms with Crippen molar-refractivity contribution in [3.05, 3.63) is 65.7 Å². The minimum atomic E-state index is -3.74. The zero-order chi connectivity index (χ0) is 22.3. The van der Waals surface area contributed by atoms with Gasteiger partial charge in [-0.05, 0) is 37.6 Å². The summed E-state index contributed by atoms with van der Waals surface area (Å²) in [5, 5.41) is 12.2. The second-order valence-electron chi connectivity index (χ2n) is 7.80. The second-order valence-corrected chi connectivity index (χ2v) is 9.71. The fourth-order valence-electron chi connectivity index (χ4n) is 3.77. The average Bonchev–Trinajstić information content (AvgIpc) is 2.79. The maximum absolute atomic E-state index is 12.9. The molecule has 0 aliphatic carbocycles. The number of sulfonamides is 1. The van der Waals surface area contributed by atoms with Crippen LogP contribution in [0.25, 0.3) is 0 Å². The molecule has 0 bridgehead atoms. The van der Waals surface area contributed by atoms with Crippen molar-refractivity contribution in [1.29, 1.82) is 5.26 Å². The predicted molar refractivity (Wildman–Crippen MR) is 118 cm³/mol. The van der Waals surface area contributed by atoms with E-state index in [1.165, 1.54) is 22.0 Å². The fraction of sp³-hybridized carbons (Fsp3) is 0.391. The maximum Gasteiger partial charge on any atom is 0.244 e. The minimum Gasteiger partial charge on any atom is -0.355 e. The molecule has 1 amide bonds. The number of hydrogen-bond donors (Lipinski definition) is 1. The molecule has 0 saturated carbocycles. The summed E-state index contributed by atoms with van der Waals surface area (Å²) in [7, 11) is -1.72. The van der Waals surface area contributed by atoms with E-state index in [9.17, 15) is 18.5 Å². The number of nitriles is 1. The molecule has 8 heteroatoms. The summed E-state index contributed by atoms with van der Waals surface area (Å²) in [6.45, 7) is 2.65. The van der Waals surface area contributed by atoms with Crippen LogP contribution in [0.1, 0.15) is 24.0 Å². The van der Waals surface area contributed by atoms with Gasteiger partial charge in [-0.3, -0.25) is 4.79 Å². The number of amides is 1. The third kappa shape index (κ3) is 5.91. The summed E-state index contributed by atoms with van der Waals surface area (Å²) >= 11 is 0. The summed E-state index contributed by atoms with van der Waals surface area (Å²) in [6.07, 6.45) is 0.944. The van der Waals surface area contributed by atoms with Gasteiger partial charge in [0.25, 0.3) is 0 Å². The number of carbonyl (C=O) groups excluding carboxylic acids is 1. The molecule has 2 aromatic carbocycles. The molecular weight excluding hydrogens is 412 g/mol. The fourth-order valence-corrected chi connectivity index (χ4v) is 5.38. The largest absolute Gasteiger partial charge is 0.355 e. The number of hydrogen-bond acceptors (Lipinski definition) is 5. The molecule has 2 aromatic rings. The molecule has 1 N–H and O–H groups in total. The molecule has 1 aliphatic rings. The molecule has 0 spiro atoms. The predicted octanol–water partition coefficient (Wildman–Crippen LogP) is 2.21. The Kier molecular flexibility index (Phi) is 7.80. The third-order valence-corrected chi connectivity index (χ3v) is 7.49. The Morgan fingerprint density at radius 2 is 1.77 bits per heavy atom. The first kappa shape index (κ1) is 22.9. The Labute approximate surface area is 184 Å². The normalized spacial score (nSPS) is 15.5. The number of benzene rings is 2. The number of carbonyl (C=O) groups is 1. The molecule has 1 fully saturated rings. The van der Waals surface area contributed by atoms with Crippen LogP contribution >= 0.6 is 0 Å². The number of nitrogens with one attached hydrogen (secondary N) is 1. The summed E-state index contributed by atoms with van der Waals surface area (Å²) in [5.41, 5.74) is 1.37. The Hall–Kier alpha value is -2.73. The van der Waals surface area contributed by atoms with Gasteiger partial charge in [0.05, 0.1) is 10.5 Å². The summed E-state index contributed by atoms with van der Waals surface area (Å²) in [4.78, 5) is 14.7. The van der Waals surface area contributed by atoms with Crippen molar-refractivity contribution < 1.29 is 13.2 Å². The van der Waals surface area contributed by atoms with Crippen molar-refractivity contribution in [3.8, 4) is 6.07 Å². The maximum atomic E-state index is 12.9. The van der Waals surface area contributed by atoms with Crippen LogP contribution in [-0.4, -0.2) is 56.8 Å². The van der Waals surface area contributed by atoms with Crippen molar-refractivity contribution in [2.45, 2.75) is 24.3 Å². The van der Waals surface area contributed by atoms with Crippen LogP contribution in [0.4, 0.5) is 0 Å². The van der Waals surface area contributed by atoms with E-state index in [-0.39, 0.29) is 35.4 Å². The molecule has 0 aromatic heterocycles. The molecule has 1 aliphatic heterocycles. The molecule has 0 radical (unpaired) electrons. The van der Waals surface area contributed by atoms with Crippen LogP contribution in [0.3, 0.4) is 0 Å². The van der Waals surface area contributed by atoms with Gasteiger partial charge in [0.2, 0.25) is 15.9 Å². The standard InChI is InChI=1S/C23H28N4O3S/c1-26(18-19-7-3-2-4-8-19)16-13-25-23(28)20-11-14-27(15-12-20)31(29,30)22-10-6-5-9-21(22)17-24/h2-10,20H,11-16,18H2,1H3,(H,25,28). The lowest BCUT2D eigenvalue weighted by molar-refractivity contribution is -0.126. The van der Waals surface area contributed by atoms with Crippen molar-refractivity contribution in [1.82, 2.24) is 14.5 Å². The van der Waals surface area contributed by atoms with Gasteiger partial charge in [-0.1, -0.05) is 42.5 Å². The Balaban J connectivity index is 1.46. The van der Waals surface area contributed by atoms with Crippen molar-refractivity contribution in [3.63, 3.8) is 0 Å². The lowest BCUT2D eigenvalue weighted by atomic mass is 9.97. The lowest BCUT2D eigenvalue weighted by Crippen LogP contribution is -2.44. The molecule has 1 saturated heterocycles. The highest BCUT2D eigenvalue weighted by Gasteiger charge is 2.33. The van der Waals surface area contributed by atoms with Gasteiger partial charge < -0.3 is 10.2 Å². The van der Waals surface area contributed by atoms with Gasteiger partial charge in [-0.25, -0.2) is 8.42 Å².